The van der Waals surface area contributed by atoms with Crippen molar-refractivity contribution in [2.24, 2.45) is 5.10 Å². The summed E-state index contributed by atoms with van der Waals surface area (Å²) < 4.78 is 0. The first kappa shape index (κ1) is 14.3. The molecule has 0 saturated carbocycles. The van der Waals surface area contributed by atoms with Crippen LogP contribution in [0.3, 0.4) is 0 Å². The van der Waals surface area contributed by atoms with Crippen LogP contribution in [0.25, 0.3) is 0 Å². The van der Waals surface area contributed by atoms with Crippen LogP contribution in [0.2, 0.25) is 5.02 Å². The minimum absolute atomic E-state index is 0.323. The summed E-state index contributed by atoms with van der Waals surface area (Å²) in [7, 11) is 0. The number of nitrogens with one attached hydrogen (secondary N) is 1. The largest absolute Gasteiger partial charge is 0.272 e. The predicted octanol–water partition coefficient (Wildman–Crippen LogP) is 3.72. The topological polar surface area (TPSA) is 41.5 Å². The van der Waals surface area contributed by atoms with E-state index >= 15 is 0 Å². The summed E-state index contributed by atoms with van der Waals surface area (Å²) in [4.78, 5) is 11.9. The number of nitrogens with zero attached hydrogens (tertiary/aromatic N) is 1. The second kappa shape index (κ2) is 6.35. The molecule has 0 unspecified atom stereocenters. The number of benzene rings is 2. The van der Waals surface area contributed by atoms with E-state index in [0.29, 0.717) is 10.6 Å². The molecule has 1 N–H and O–H groups in total. The Bertz CT molecular complexity index is 665. The van der Waals surface area contributed by atoms with Crippen molar-refractivity contribution in [3.05, 3.63) is 69.7 Å². The third-order valence-corrected chi connectivity index (χ3v) is 3.36. The van der Waals surface area contributed by atoms with Gasteiger partial charge in [0.2, 0.25) is 0 Å². The summed E-state index contributed by atoms with van der Waals surface area (Å²) in [5, 5.41) is 4.36. The van der Waals surface area contributed by atoms with Crippen molar-refractivity contribution in [2.75, 3.05) is 0 Å². The van der Waals surface area contributed by atoms with Crippen LogP contribution in [0.5, 0.6) is 0 Å². The molecule has 0 bridgehead atoms. The Morgan fingerprint density at radius 2 is 1.90 bits per heavy atom. The number of hydrogen-bond donors (Lipinski definition) is 1. The Balaban J connectivity index is 2.05. The fourth-order valence-electron chi connectivity index (χ4n) is 1.72. The summed E-state index contributed by atoms with van der Waals surface area (Å²) in [5.74, 6) is -0.323. The van der Waals surface area contributed by atoms with Crippen LogP contribution in [0, 0.1) is 13.8 Å². The molecule has 0 atom stereocenters. The number of carbonyl (C=O) groups is 1. The summed E-state index contributed by atoms with van der Waals surface area (Å²) in [6.45, 7) is 4.09. The first-order chi connectivity index (χ1) is 9.58. The Kier molecular flexibility index (Phi) is 4.53. The maximum Gasteiger partial charge on any atom is 0.272 e. The van der Waals surface area contributed by atoms with Gasteiger partial charge in [0.15, 0.2) is 0 Å². The minimum atomic E-state index is -0.323. The molecule has 0 aliphatic carbocycles. The van der Waals surface area contributed by atoms with Crippen LogP contribution in [-0.2, 0) is 0 Å². The van der Waals surface area contributed by atoms with E-state index in [9.17, 15) is 4.79 Å². The number of hydrazone groups is 1. The van der Waals surface area contributed by atoms with Crippen LogP contribution in [-0.4, -0.2) is 12.1 Å². The van der Waals surface area contributed by atoms with E-state index in [4.69, 9.17) is 11.6 Å². The molecule has 2 aromatic rings. The van der Waals surface area contributed by atoms with Gasteiger partial charge in [-0.15, -0.1) is 0 Å². The van der Waals surface area contributed by atoms with E-state index in [1.165, 1.54) is 11.1 Å². The van der Waals surface area contributed by atoms with Gasteiger partial charge >= 0.3 is 0 Å². The van der Waals surface area contributed by atoms with Crippen molar-refractivity contribution in [2.45, 2.75) is 13.8 Å². The van der Waals surface area contributed by atoms with Gasteiger partial charge in [-0.3, -0.25) is 4.79 Å². The zero-order chi connectivity index (χ0) is 14.5. The highest BCUT2D eigenvalue weighted by Crippen LogP contribution is 2.14. The van der Waals surface area contributed by atoms with Crippen molar-refractivity contribution < 1.29 is 4.79 Å². The standard InChI is InChI=1S/C16H15ClN2O/c1-11-7-8-13(9-12(11)2)10-18-19-16(20)14-5-3-4-6-15(14)17/h3-10H,1-2H3,(H,19,20)/b18-10-. The number of rotatable bonds is 3. The van der Waals surface area contributed by atoms with Crippen LogP contribution < -0.4 is 5.43 Å². The fraction of sp³-hybridized carbons (Fsp3) is 0.125. The van der Waals surface area contributed by atoms with Crippen LogP contribution in [0.4, 0.5) is 0 Å². The molecule has 0 aliphatic rings. The third kappa shape index (κ3) is 3.45. The highest BCUT2D eigenvalue weighted by atomic mass is 35.5. The van der Waals surface area contributed by atoms with Crippen molar-refractivity contribution in [3.8, 4) is 0 Å². The van der Waals surface area contributed by atoms with E-state index in [-0.39, 0.29) is 5.91 Å². The Labute approximate surface area is 123 Å². The van der Waals surface area contributed by atoms with Gasteiger partial charge in [0.05, 0.1) is 16.8 Å². The molecule has 20 heavy (non-hydrogen) atoms. The molecular weight excluding hydrogens is 272 g/mol. The van der Waals surface area contributed by atoms with E-state index in [2.05, 4.69) is 17.5 Å². The molecule has 1 amide bonds. The van der Waals surface area contributed by atoms with E-state index < -0.39 is 0 Å². The first-order valence-electron chi connectivity index (χ1n) is 6.23. The zero-order valence-corrected chi connectivity index (χ0v) is 12.1. The van der Waals surface area contributed by atoms with Crippen molar-refractivity contribution in [1.29, 1.82) is 0 Å². The molecule has 0 saturated heterocycles. The molecule has 0 radical (unpaired) electrons. The molecule has 0 aliphatic heterocycles. The van der Waals surface area contributed by atoms with E-state index in [1.54, 1.807) is 30.5 Å². The summed E-state index contributed by atoms with van der Waals surface area (Å²) in [5.41, 5.74) is 6.23. The maximum absolute atomic E-state index is 11.9. The number of aryl methyl sites for hydroxylation is 2. The maximum atomic E-state index is 11.9. The summed E-state index contributed by atoms with van der Waals surface area (Å²) in [6, 6.07) is 12.8. The third-order valence-electron chi connectivity index (χ3n) is 3.03. The molecule has 102 valence electrons. The van der Waals surface area contributed by atoms with Crippen LogP contribution >= 0.6 is 11.6 Å². The summed E-state index contributed by atoms with van der Waals surface area (Å²) >= 11 is 5.94. The summed E-state index contributed by atoms with van der Waals surface area (Å²) in [6.07, 6.45) is 1.61. The molecule has 0 spiro atoms. The predicted molar refractivity (Wildman–Crippen MR) is 82.4 cm³/mol. The van der Waals surface area contributed by atoms with Gasteiger partial charge in [0.1, 0.15) is 0 Å². The van der Waals surface area contributed by atoms with Gasteiger partial charge in [-0.2, -0.15) is 5.10 Å². The zero-order valence-electron chi connectivity index (χ0n) is 11.4. The number of halogens is 1. The molecule has 3 nitrogen and oxygen atoms in total. The van der Waals surface area contributed by atoms with E-state index in [1.807, 2.05) is 25.1 Å². The first-order valence-corrected chi connectivity index (χ1v) is 6.61. The lowest BCUT2D eigenvalue weighted by Crippen LogP contribution is -2.17. The second-order valence-electron chi connectivity index (χ2n) is 4.52. The number of hydrogen-bond acceptors (Lipinski definition) is 2. The lowest BCUT2D eigenvalue weighted by atomic mass is 10.1. The molecular formula is C16H15ClN2O. The molecule has 2 aromatic carbocycles. The van der Waals surface area contributed by atoms with Gasteiger partial charge in [-0.1, -0.05) is 41.9 Å². The van der Waals surface area contributed by atoms with Gasteiger partial charge in [0.25, 0.3) is 5.91 Å². The lowest BCUT2D eigenvalue weighted by molar-refractivity contribution is 0.0955. The number of carbonyl (C=O) groups excluding carboxylic acids is 1. The second-order valence-corrected chi connectivity index (χ2v) is 4.93. The minimum Gasteiger partial charge on any atom is -0.267 e. The van der Waals surface area contributed by atoms with Gasteiger partial charge in [-0.25, -0.2) is 5.43 Å². The van der Waals surface area contributed by atoms with Crippen LogP contribution in [0.15, 0.2) is 47.6 Å². The van der Waals surface area contributed by atoms with Gasteiger partial charge in [0, 0.05) is 0 Å². The quantitative estimate of drug-likeness (QED) is 0.678. The van der Waals surface area contributed by atoms with Gasteiger partial charge < -0.3 is 0 Å². The molecule has 2 rings (SSSR count). The van der Waals surface area contributed by atoms with Crippen molar-refractivity contribution in [1.82, 2.24) is 5.43 Å². The van der Waals surface area contributed by atoms with E-state index in [0.717, 1.165) is 5.56 Å². The average Bonchev–Trinajstić information content (AvgIpc) is 2.43. The van der Waals surface area contributed by atoms with Crippen molar-refractivity contribution in [3.63, 3.8) is 0 Å². The van der Waals surface area contributed by atoms with Gasteiger partial charge in [-0.05, 0) is 42.7 Å². The smallest absolute Gasteiger partial charge is 0.267 e. The normalized spacial score (nSPS) is 10.8. The number of amides is 1. The van der Waals surface area contributed by atoms with Crippen molar-refractivity contribution >= 4 is 23.7 Å². The Morgan fingerprint density at radius 3 is 2.60 bits per heavy atom. The Hall–Kier alpha value is -2.13. The molecule has 0 fully saturated rings. The average molecular weight is 287 g/mol. The van der Waals surface area contributed by atoms with Crippen LogP contribution in [0.1, 0.15) is 27.0 Å². The molecule has 0 aromatic heterocycles. The highest BCUT2D eigenvalue weighted by molar-refractivity contribution is 6.33. The Morgan fingerprint density at radius 1 is 1.15 bits per heavy atom. The SMILES string of the molecule is Cc1ccc(/C=N\NC(=O)c2ccccc2Cl)cc1C. The monoisotopic (exact) mass is 286 g/mol. The molecule has 0 heterocycles. The fourth-order valence-corrected chi connectivity index (χ4v) is 1.94. The highest BCUT2D eigenvalue weighted by Gasteiger charge is 2.07. The molecule has 4 heteroatoms. The lowest BCUT2D eigenvalue weighted by Gasteiger charge is -2.02.